The van der Waals surface area contributed by atoms with E-state index in [9.17, 15) is 17.6 Å². The van der Waals surface area contributed by atoms with Crippen LogP contribution in [0.4, 0.5) is 4.39 Å². The zero-order chi connectivity index (χ0) is 16.3. The second kappa shape index (κ2) is 6.72. The maximum absolute atomic E-state index is 13.3. The first kappa shape index (κ1) is 17.9. The summed E-state index contributed by atoms with van der Waals surface area (Å²) in [4.78, 5) is 11.2. The predicted molar refractivity (Wildman–Crippen MR) is 75.4 cm³/mol. The highest BCUT2D eigenvalue weighted by Gasteiger charge is 2.17. The van der Waals surface area contributed by atoms with Gasteiger partial charge in [0.2, 0.25) is 0 Å². The Labute approximate surface area is 127 Å². The van der Waals surface area contributed by atoms with Crippen LogP contribution in [0.3, 0.4) is 0 Å². The molecule has 8 heteroatoms. The predicted octanol–water partition coefficient (Wildman–Crippen LogP) is 2.73. The molecule has 0 saturated heterocycles. The quantitative estimate of drug-likeness (QED) is 0.469. The summed E-state index contributed by atoms with van der Waals surface area (Å²) in [5.41, 5.74) is -0.601. The molecule has 0 aliphatic rings. The minimum Gasteiger partial charge on any atom is -0.460 e. The van der Waals surface area contributed by atoms with Crippen molar-refractivity contribution in [1.29, 1.82) is 0 Å². The Balaban J connectivity index is 2.73. The second-order valence-electron chi connectivity index (χ2n) is 5.21. The Morgan fingerprint density at radius 1 is 1.24 bits per heavy atom. The average Bonchev–Trinajstić information content (AvgIpc) is 2.31. The molecule has 1 rings (SSSR count). The summed E-state index contributed by atoms with van der Waals surface area (Å²) in [6, 6.07) is 2.55. The molecule has 5 nitrogen and oxygen atoms in total. The van der Waals surface area contributed by atoms with Crippen molar-refractivity contribution >= 4 is 25.7 Å². The third-order valence-electron chi connectivity index (χ3n) is 2.24. The molecule has 0 fully saturated rings. The lowest BCUT2D eigenvalue weighted by atomic mass is 10.2. The van der Waals surface area contributed by atoms with Gasteiger partial charge in [-0.2, -0.15) is 0 Å². The van der Waals surface area contributed by atoms with Gasteiger partial charge in [0, 0.05) is 10.7 Å². The van der Waals surface area contributed by atoms with E-state index in [0.29, 0.717) is 0 Å². The van der Waals surface area contributed by atoms with Crippen LogP contribution < -0.4 is 0 Å². The zero-order valence-electron chi connectivity index (χ0n) is 11.9. The number of carbonyl (C=O) groups is 1. The number of ether oxygens (including phenoxy) is 2. The van der Waals surface area contributed by atoms with Crippen molar-refractivity contribution in [3.05, 3.63) is 29.6 Å². The summed E-state index contributed by atoms with van der Waals surface area (Å²) < 4.78 is 45.8. The molecule has 0 unspecified atom stereocenters. The minimum absolute atomic E-state index is 0.0322. The first-order chi connectivity index (χ1) is 9.49. The van der Waals surface area contributed by atoms with E-state index in [1.54, 1.807) is 0 Å². The molecule has 0 bridgehead atoms. The van der Waals surface area contributed by atoms with Crippen LogP contribution in [-0.2, 0) is 18.5 Å². The van der Waals surface area contributed by atoms with Crippen LogP contribution in [0.25, 0.3) is 0 Å². The van der Waals surface area contributed by atoms with Crippen molar-refractivity contribution in [2.45, 2.75) is 31.3 Å². The molecule has 0 aliphatic heterocycles. The van der Waals surface area contributed by atoms with Crippen LogP contribution in [-0.4, -0.2) is 33.2 Å². The summed E-state index contributed by atoms with van der Waals surface area (Å²) in [5, 5.41) is 0. The first-order valence-electron chi connectivity index (χ1n) is 6.05. The number of carbonyl (C=O) groups excluding carboxylic acids is 1. The third kappa shape index (κ3) is 6.41. The maximum Gasteiger partial charge on any atom is 0.338 e. The van der Waals surface area contributed by atoms with Crippen molar-refractivity contribution in [2.24, 2.45) is 0 Å². The van der Waals surface area contributed by atoms with Crippen LogP contribution in [0, 0.1) is 5.82 Å². The molecule has 0 aromatic heterocycles. The average molecular weight is 339 g/mol. The van der Waals surface area contributed by atoms with Gasteiger partial charge < -0.3 is 9.47 Å². The molecule has 0 radical (unpaired) electrons. The van der Waals surface area contributed by atoms with Gasteiger partial charge in [0.1, 0.15) is 12.4 Å². The van der Waals surface area contributed by atoms with Gasteiger partial charge in [-0.1, -0.05) is 0 Å². The lowest BCUT2D eigenvalue weighted by Gasteiger charge is -2.19. The fourth-order valence-corrected chi connectivity index (χ4v) is 2.18. The van der Waals surface area contributed by atoms with E-state index < -0.39 is 25.7 Å². The van der Waals surface area contributed by atoms with Crippen LogP contribution in [0.5, 0.6) is 0 Å². The maximum atomic E-state index is 13.3. The molecule has 0 heterocycles. The van der Waals surface area contributed by atoms with Crippen molar-refractivity contribution in [3.8, 4) is 0 Å². The fraction of sp³-hybridized carbons (Fsp3) is 0.462. The largest absolute Gasteiger partial charge is 0.460 e. The Bertz CT molecular complexity index is 622. The monoisotopic (exact) mass is 338 g/mol. The van der Waals surface area contributed by atoms with Crippen LogP contribution >= 0.6 is 10.7 Å². The van der Waals surface area contributed by atoms with Gasteiger partial charge >= 0.3 is 5.97 Å². The summed E-state index contributed by atoms with van der Waals surface area (Å²) in [6.45, 7) is 5.68. The molecular formula is C13H16ClFO5S. The Morgan fingerprint density at radius 3 is 2.38 bits per heavy atom. The molecule has 0 spiro atoms. The third-order valence-corrected chi connectivity index (χ3v) is 3.57. The molecule has 0 aliphatic carbocycles. The van der Waals surface area contributed by atoms with Crippen molar-refractivity contribution in [2.75, 3.05) is 13.2 Å². The molecule has 1 aromatic rings. The van der Waals surface area contributed by atoms with Gasteiger partial charge in [-0.05, 0) is 39.0 Å². The van der Waals surface area contributed by atoms with Crippen LogP contribution in [0.1, 0.15) is 31.1 Å². The highest BCUT2D eigenvalue weighted by Crippen LogP contribution is 2.19. The molecule has 0 saturated carbocycles. The fourth-order valence-electron chi connectivity index (χ4n) is 1.39. The summed E-state index contributed by atoms with van der Waals surface area (Å²) >= 11 is 0. The lowest BCUT2D eigenvalue weighted by Crippen LogP contribution is -2.22. The van der Waals surface area contributed by atoms with E-state index >= 15 is 0 Å². The van der Waals surface area contributed by atoms with E-state index in [-0.39, 0.29) is 24.4 Å². The molecule has 118 valence electrons. The summed E-state index contributed by atoms with van der Waals surface area (Å²) in [6.07, 6.45) is 0. The van der Waals surface area contributed by atoms with Gasteiger partial charge in [-0.3, -0.25) is 0 Å². The number of benzene rings is 1. The van der Waals surface area contributed by atoms with Gasteiger partial charge in [0.25, 0.3) is 9.05 Å². The van der Waals surface area contributed by atoms with Crippen LogP contribution in [0.2, 0.25) is 0 Å². The number of halogens is 2. The van der Waals surface area contributed by atoms with E-state index in [0.717, 1.165) is 18.2 Å². The molecule has 0 atom stereocenters. The topological polar surface area (TPSA) is 69.7 Å². The molecule has 0 N–H and O–H groups in total. The normalized spacial score (nSPS) is 12.2. The number of hydrogen-bond acceptors (Lipinski definition) is 5. The van der Waals surface area contributed by atoms with E-state index in [1.165, 1.54) is 0 Å². The van der Waals surface area contributed by atoms with Crippen LogP contribution in [0.15, 0.2) is 23.1 Å². The summed E-state index contributed by atoms with van der Waals surface area (Å²) in [5.74, 6) is -1.75. The molecule has 0 amide bonds. The Morgan fingerprint density at radius 2 is 1.86 bits per heavy atom. The van der Waals surface area contributed by atoms with Gasteiger partial charge in [0.15, 0.2) is 0 Å². The van der Waals surface area contributed by atoms with Crippen molar-refractivity contribution in [3.63, 3.8) is 0 Å². The molecule has 21 heavy (non-hydrogen) atoms. The number of hydrogen-bond donors (Lipinski definition) is 0. The highest BCUT2D eigenvalue weighted by molar-refractivity contribution is 8.13. The second-order valence-corrected chi connectivity index (χ2v) is 7.78. The van der Waals surface area contributed by atoms with E-state index in [4.69, 9.17) is 20.2 Å². The van der Waals surface area contributed by atoms with E-state index in [1.807, 2.05) is 20.8 Å². The standard InChI is InChI=1S/C13H16ClFO5S/c1-13(2,3)20-5-4-19-12(16)9-6-10(15)8-11(7-9)21(14,17)18/h6-8H,4-5H2,1-3H3. The Hall–Kier alpha value is -1.18. The van der Waals surface area contributed by atoms with Crippen molar-refractivity contribution in [1.82, 2.24) is 0 Å². The minimum atomic E-state index is -4.13. The molecular weight excluding hydrogens is 323 g/mol. The van der Waals surface area contributed by atoms with Gasteiger partial charge in [0.05, 0.1) is 22.7 Å². The summed E-state index contributed by atoms with van der Waals surface area (Å²) in [7, 11) is 0.991. The zero-order valence-corrected chi connectivity index (χ0v) is 13.4. The number of esters is 1. The Kier molecular flexibility index (Phi) is 5.72. The van der Waals surface area contributed by atoms with Crippen molar-refractivity contribution < 1.29 is 27.1 Å². The molecule has 1 aromatic carbocycles. The first-order valence-corrected chi connectivity index (χ1v) is 8.36. The lowest BCUT2D eigenvalue weighted by molar-refractivity contribution is -0.0281. The highest BCUT2D eigenvalue weighted by atomic mass is 35.7. The smallest absolute Gasteiger partial charge is 0.338 e. The van der Waals surface area contributed by atoms with Gasteiger partial charge in [-0.15, -0.1) is 0 Å². The number of rotatable bonds is 5. The van der Waals surface area contributed by atoms with Gasteiger partial charge in [-0.25, -0.2) is 17.6 Å². The van der Waals surface area contributed by atoms with E-state index in [2.05, 4.69) is 0 Å². The SMILES string of the molecule is CC(C)(C)OCCOC(=O)c1cc(F)cc(S(=O)(=O)Cl)c1.